The molecule has 5 unspecified atom stereocenters. The Kier molecular flexibility index (Phi) is 14.5. The molecular weight excluding hydrogens is 661 g/mol. The van der Waals surface area contributed by atoms with Crippen molar-refractivity contribution in [2.75, 3.05) is 6.61 Å². The number of hydrogen-bond donors (Lipinski definition) is 4. The highest BCUT2D eigenvalue weighted by molar-refractivity contribution is 4.98. The van der Waals surface area contributed by atoms with Crippen LogP contribution < -0.4 is 21.3 Å². The number of hydrogen-bond acceptors (Lipinski definition) is 8. The van der Waals surface area contributed by atoms with Crippen molar-refractivity contribution in [1.29, 1.82) is 0 Å². The Bertz CT molecular complexity index is 1120. The monoisotopic (exact) mass is 749 g/mol. The third-order valence-corrected chi connectivity index (χ3v) is 12.3. The van der Waals surface area contributed by atoms with Gasteiger partial charge in [0.1, 0.15) is 6.10 Å². The normalized spacial score (nSPS) is 34.4. The highest BCUT2D eigenvalue weighted by Gasteiger charge is 2.43. The Labute approximate surface area is 327 Å². The van der Waals surface area contributed by atoms with Crippen LogP contribution in [0.1, 0.15) is 201 Å². The van der Waals surface area contributed by atoms with E-state index >= 15 is 0 Å². The Morgan fingerprint density at radius 1 is 0.415 bits per heavy atom. The van der Waals surface area contributed by atoms with Crippen LogP contribution in [0.15, 0.2) is 0 Å². The molecule has 0 amide bonds. The molecule has 0 aromatic carbocycles. The fourth-order valence-electron chi connectivity index (χ4n) is 11.0. The minimum atomic E-state index is -0.451. The van der Waals surface area contributed by atoms with Crippen molar-refractivity contribution in [2.24, 2.45) is 0 Å². The predicted molar refractivity (Wildman–Crippen MR) is 222 cm³/mol. The highest BCUT2D eigenvalue weighted by atomic mass is 16.7. The van der Waals surface area contributed by atoms with Gasteiger partial charge < -0.3 is 40.2 Å². The summed E-state index contributed by atoms with van der Waals surface area (Å²) in [5.41, 5.74) is 0.204. The van der Waals surface area contributed by atoms with E-state index in [-0.39, 0.29) is 74.8 Å². The van der Waals surface area contributed by atoms with Gasteiger partial charge in [-0.2, -0.15) is 0 Å². The Hall–Kier alpha value is -0.320. The molecule has 0 aromatic rings. The largest absolute Gasteiger partial charge is 0.378 e. The van der Waals surface area contributed by atoms with Crippen LogP contribution >= 0.6 is 0 Å². The first-order valence-electron chi connectivity index (χ1n) is 21.8. The molecule has 0 bridgehead atoms. The molecule has 0 spiro atoms. The number of rotatable bonds is 12. The zero-order valence-corrected chi connectivity index (χ0v) is 37.7. The summed E-state index contributed by atoms with van der Waals surface area (Å²) in [5.74, 6) is 0. The van der Waals surface area contributed by atoms with Crippen molar-refractivity contribution in [1.82, 2.24) is 21.3 Å². The predicted octanol–water partition coefficient (Wildman–Crippen LogP) is 9.32. The summed E-state index contributed by atoms with van der Waals surface area (Å²) in [5, 5.41) is 15.7. The van der Waals surface area contributed by atoms with Gasteiger partial charge in [-0.25, -0.2) is 0 Å². The summed E-state index contributed by atoms with van der Waals surface area (Å²) in [6, 6.07) is 0. The molecule has 5 atom stereocenters. The third-order valence-electron chi connectivity index (χ3n) is 12.3. The molecule has 8 heteroatoms. The summed E-state index contributed by atoms with van der Waals surface area (Å²) < 4.78 is 28.8. The SMILES string of the molecule is CC1(C)CCC(OCCCC(OC2CCC(C)(C)NC(C)(C)C2)C(OC2CCC(C)(C)NC(C)(C)C2)OC2CCC(C)(C)NC(C)(C)C2)CC(C)(C)N1. The molecule has 0 aromatic heterocycles. The smallest absolute Gasteiger partial charge is 0.184 e. The molecule has 4 fully saturated rings. The minimum absolute atomic E-state index is 0.0330. The van der Waals surface area contributed by atoms with Crippen molar-refractivity contribution >= 4 is 0 Å². The quantitative estimate of drug-likeness (QED) is 0.116. The van der Waals surface area contributed by atoms with E-state index < -0.39 is 6.29 Å². The zero-order chi connectivity index (χ0) is 39.7. The highest BCUT2D eigenvalue weighted by Crippen LogP contribution is 2.36. The van der Waals surface area contributed by atoms with E-state index in [4.69, 9.17) is 18.9 Å². The van der Waals surface area contributed by atoms with Crippen molar-refractivity contribution in [3.8, 4) is 0 Å². The van der Waals surface area contributed by atoms with Crippen molar-refractivity contribution < 1.29 is 18.9 Å². The second-order valence-electron chi connectivity index (χ2n) is 23.4. The Balaban J connectivity index is 1.60. The first-order chi connectivity index (χ1) is 24.0. The van der Waals surface area contributed by atoms with Gasteiger partial charge in [-0.3, -0.25) is 0 Å². The number of nitrogens with one attached hydrogen (secondary N) is 4. The van der Waals surface area contributed by atoms with Crippen LogP contribution in [-0.4, -0.2) is 87.7 Å². The van der Waals surface area contributed by atoms with Crippen molar-refractivity contribution in [3.63, 3.8) is 0 Å². The molecule has 4 rings (SSSR count). The van der Waals surface area contributed by atoms with Gasteiger partial charge in [0.05, 0.1) is 24.4 Å². The van der Waals surface area contributed by atoms with E-state index in [1.54, 1.807) is 0 Å². The van der Waals surface area contributed by atoms with Crippen LogP contribution in [0.5, 0.6) is 0 Å². The molecule has 4 saturated heterocycles. The first-order valence-corrected chi connectivity index (χ1v) is 21.8. The third kappa shape index (κ3) is 15.5. The van der Waals surface area contributed by atoms with Gasteiger partial charge in [-0.05, 0) is 201 Å². The first kappa shape index (κ1) is 45.4. The zero-order valence-electron chi connectivity index (χ0n) is 37.7. The van der Waals surface area contributed by atoms with Crippen molar-refractivity contribution in [2.45, 2.75) is 282 Å². The molecule has 0 radical (unpaired) electrons. The van der Waals surface area contributed by atoms with Gasteiger partial charge in [-0.1, -0.05) is 0 Å². The topological polar surface area (TPSA) is 85.0 Å². The van der Waals surface area contributed by atoms with Gasteiger partial charge in [0.15, 0.2) is 6.29 Å². The fourth-order valence-corrected chi connectivity index (χ4v) is 11.0. The molecule has 8 nitrogen and oxygen atoms in total. The standard InChI is InChI=1S/C45H88N4O4/c1-38(2)23-19-32(28-42(9,10)46-38)50-27-17-18-36(51-33-20-24-39(3,4)47-43(11,12)29-33)37(52-34-21-25-40(5,6)48-44(13,14)30-34)53-35-22-26-41(7,8)49-45(15,16)31-35/h32-37,46-49H,17-31H2,1-16H3. The van der Waals surface area contributed by atoms with Crippen LogP contribution in [0.4, 0.5) is 0 Å². The maximum absolute atomic E-state index is 7.38. The maximum Gasteiger partial charge on any atom is 0.184 e. The van der Waals surface area contributed by atoms with Crippen molar-refractivity contribution in [3.05, 3.63) is 0 Å². The molecule has 4 N–H and O–H groups in total. The van der Waals surface area contributed by atoms with Gasteiger partial charge in [-0.15, -0.1) is 0 Å². The van der Waals surface area contributed by atoms with E-state index in [0.717, 1.165) is 96.5 Å². The van der Waals surface area contributed by atoms with E-state index in [9.17, 15) is 0 Å². The lowest BCUT2D eigenvalue weighted by Gasteiger charge is -2.39. The lowest BCUT2D eigenvalue weighted by molar-refractivity contribution is -0.260. The van der Waals surface area contributed by atoms with E-state index in [1.807, 2.05) is 0 Å². The fraction of sp³-hybridized carbons (Fsp3) is 1.00. The van der Waals surface area contributed by atoms with E-state index in [1.165, 1.54) is 0 Å². The van der Waals surface area contributed by atoms with Crippen LogP contribution in [0.3, 0.4) is 0 Å². The minimum Gasteiger partial charge on any atom is -0.378 e. The van der Waals surface area contributed by atoms with Gasteiger partial charge in [0, 0.05) is 50.9 Å². The summed E-state index contributed by atoms with van der Waals surface area (Å²) in [4.78, 5) is 0. The molecule has 53 heavy (non-hydrogen) atoms. The molecule has 4 aliphatic rings. The molecule has 312 valence electrons. The molecule has 0 aliphatic carbocycles. The molecular formula is C45H88N4O4. The molecule has 4 aliphatic heterocycles. The lowest BCUT2D eigenvalue weighted by Crippen LogP contribution is -2.52. The van der Waals surface area contributed by atoms with E-state index in [2.05, 4.69) is 132 Å². The molecule has 0 saturated carbocycles. The number of ether oxygens (including phenoxy) is 4. The van der Waals surface area contributed by atoms with Gasteiger partial charge in [0.2, 0.25) is 0 Å². The summed E-state index contributed by atoms with van der Waals surface area (Å²) in [6.45, 7) is 38.0. The van der Waals surface area contributed by atoms with Crippen LogP contribution in [0.2, 0.25) is 0 Å². The van der Waals surface area contributed by atoms with Crippen LogP contribution in [-0.2, 0) is 18.9 Å². The van der Waals surface area contributed by atoms with E-state index in [0.29, 0.717) is 0 Å². The molecule has 4 heterocycles. The summed E-state index contributed by atoms with van der Waals surface area (Å²) >= 11 is 0. The summed E-state index contributed by atoms with van der Waals surface area (Å²) in [6.07, 6.45) is 13.9. The second kappa shape index (κ2) is 16.9. The van der Waals surface area contributed by atoms with Gasteiger partial charge >= 0.3 is 0 Å². The Morgan fingerprint density at radius 3 is 1.08 bits per heavy atom. The Morgan fingerprint density at radius 2 is 0.717 bits per heavy atom. The summed E-state index contributed by atoms with van der Waals surface area (Å²) in [7, 11) is 0. The van der Waals surface area contributed by atoms with Crippen LogP contribution in [0.25, 0.3) is 0 Å². The lowest BCUT2D eigenvalue weighted by atomic mass is 9.95. The van der Waals surface area contributed by atoms with Crippen LogP contribution in [0, 0.1) is 0 Å². The average Bonchev–Trinajstić information content (AvgIpc) is 3.23. The second-order valence-corrected chi connectivity index (χ2v) is 23.4. The maximum atomic E-state index is 7.38. The average molecular weight is 749 g/mol. The van der Waals surface area contributed by atoms with Gasteiger partial charge in [0.25, 0.3) is 0 Å².